The van der Waals surface area contributed by atoms with E-state index in [0.29, 0.717) is 19.5 Å². The molecule has 0 radical (unpaired) electrons. The Morgan fingerprint density at radius 1 is 1.07 bits per heavy atom. The van der Waals surface area contributed by atoms with E-state index in [2.05, 4.69) is 15.7 Å². The van der Waals surface area contributed by atoms with Crippen LogP contribution in [0.2, 0.25) is 0 Å². The first-order valence-electron chi connectivity index (χ1n) is 11.2. The standard InChI is InChI=1S/C24H30N4O2/c29-22(27-21-4-1-3-17(12-21)16-28-8-2-6-26-28)5-7-25-23(30)24-13-18-9-19(14-24)11-20(10-18)15-24/h1-4,6,8,12,18-20H,5,7,9-11,13-16H2,(H,25,30)(H,27,29). The molecule has 4 aliphatic carbocycles. The van der Waals surface area contributed by atoms with Gasteiger partial charge in [-0.3, -0.25) is 14.3 Å². The van der Waals surface area contributed by atoms with Gasteiger partial charge in [0.1, 0.15) is 0 Å². The molecule has 4 fully saturated rings. The fourth-order valence-corrected chi connectivity index (χ4v) is 6.42. The highest BCUT2D eigenvalue weighted by atomic mass is 16.2. The number of hydrogen-bond donors (Lipinski definition) is 2. The van der Waals surface area contributed by atoms with Crippen LogP contribution in [0.5, 0.6) is 0 Å². The van der Waals surface area contributed by atoms with Gasteiger partial charge in [0.25, 0.3) is 0 Å². The lowest BCUT2D eigenvalue weighted by atomic mass is 9.49. The van der Waals surface area contributed by atoms with Crippen molar-refractivity contribution in [2.24, 2.45) is 23.2 Å². The van der Waals surface area contributed by atoms with Gasteiger partial charge in [-0.1, -0.05) is 12.1 Å². The van der Waals surface area contributed by atoms with Crippen LogP contribution in [0.3, 0.4) is 0 Å². The summed E-state index contributed by atoms with van der Waals surface area (Å²) in [5, 5.41) is 10.3. The Hall–Kier alpha value is -2.63. The second-order valence-corrected chi connectivity index (χ2v) is 9.66. The lowest BCUT2D eigenvalue weighted by Gasteiger charge is -2.55. The molecular formula is C24H30N4O2. The number of rotatable bonds is 7. The van der Waals surface area contributed by atoms with Gasteiger partial charge in [-0.05, 0) is 80.0 Å². The largest absolute Gasteiger partial charge is 0.355 e. The molecule has 1 aromatic carbocycles. The molecule has 4 saturated carbocycles. The Morgan fingerprint density at radius 2 is 1.80 bits per heavy atom. The van der Waals surface area contributed by atoms with Gasteiger partial charge in [0.05, 0.1) is 6.54 Å². The van der Waals surface area contributed by atoms with Gasteiger partial charge in [0, 0.05) is 36.5 Å². The zero-order valence-corrected chi connectivity index (χ0v) is 17.3. The van der Waals surface area contributed by atoms with E-state index < -0.39 is 0 Å². The van der Waals surface area contributed by atoms with E-state index in [-0.39, 0.29) is 17.2 Å². The van der Waals surface area contributed by atoms with Gasteiger partial charge < -0.3 is 10.6 Å². The monoisotopic (exact) mass is 406 g/mol. The number of aromatic nitrogens is 2. The van der Waals surface area contributed by atoms with Crippen LogP contribution in [-0.4, -0.2) is 28.1 Å². The van der Waals surface area contributed by atoms with E-state index >= 15 is 0 Å². The van der Waals surface area contributed by atoms with Crippen LogP contribution in [0.1, 0.15) is 50.5 Å². The summed E-state index contributed by atoms with van der Waals surface area (Å²) in [4.78, 5) is 25.4. The van der Waals surface area contributed by atoms with E-state index in [1.165, 1.54) is 19.3 Å². The summed E-state index contributed by atoms with van der Waals surface area (Å²) in [5.74, 6) is 2.37. The van der Waals surface area contributed by atoms with Crippen LogP contribution in [0, 0.1) is 23.2 Å². The second-order valence-electron chi connectivity index (χ2n) is 9.66. The first-order valence-corrected chi connectivity index (χ1v) is 11.2. The fraction of sp³-hybridized carbons (Fsp3) is 0.542. The van der Waals surface area contributed by atoms with Crippen LogP contribution in [0.25, 0.3) is 0 Å². The Labute approximate surface area is 177 Å². The zero-order chi connectivity index (χ0) is 20.6. The van der Waals surface area contributed by atoms with Crippen molar-refractivity contribution in [1.29, 1.82) is 0 Å². The second kappa shape index (κ2) is 7.89. The lowest BCUT2D eigenvalue weighted by Crippen LogP contribution is -2.53. The van der Waals surface area contributed by atoms with Crippen molar-refractivity contribution >= 4 is 17.5 Å². The van der Waals surface area contributed by atoms with Gasteiger partial charge in [-0.15, -0.1) is 0 Å². The summed E-state index contributed by atoms with van der Waals surface area (Å²) in [7, 11) is 0. The minimum Gasteiger partial charge on any atom is -0.355 e. The van der Waals surface area contributed by atoms with Crippen molar-refractivity contribution in [3.8, 4) is 0 Å². The molecular weight excluding hydrogens is 376 g/mol. The van der Waals surface area contributed by atoms with Gasteiger partial charge in [0.15, 0.2) is 0 Å². The van der Waals surface area contributed by atoms with E-state index in [9.17, 15) is 9.59 Å². The van der Waals surface area contributed by atoms with Crippen molar-refractivity contribution in [1.82, 2.24) is 15.1 Å². The molecule has 0 saturated heterocycles. The molecule has 2 aromatic rings. The van der Waals surface area contributed by atoms with Gasteiger partial charge >= 0.3 is 0 Å². The van der Waals surface area contributed by atoms with Gasteiger partial charge in [-0.2, -0.15) is 5.10 Å². The quantitative estimate of drug-likeness (QED) is 0.738. The molecule has 30 heavy (non-hydrogen) atoms. The zero-order valence-electron chi connectivity index (χ0n) is 17.3. The molecule has 4 aliphatic rings. The molecule has 0 spiro atoms. The van der Waals surface area contributed by atoms with E-state index in [4.69, 9.17) is 0 Å². The fourth-order valence-electron chi connectivity index (χ4n) is 6.42. The molecule has 158 valence electrons. The van der Waals surface area contributed by atoms with Gasteiger partial charge in [0.2, 0.25) is 11.8 Å². The summed E-state index contributed by atoms with van der Waals surface area (Å²) in [5.41, 5.74) is 1.70. The maximum atomic E-state index is 13.0. The number of benzene rings is 1. The van der Waals surface area contributed by atoms with Crippen LogP contribution in [-0.2, 0) is 16.1 Å². The Morgan fingerprint density at radius 3 is 2.47 bits per heavy atom. The van der Waals surface area contributed by atoms with Crippen LogP contribution in [0.15, 0.2) is 42.7 Å². The van der Waals surface area contributed by atoms with Crippen molar-refractivity contribution in [3.63, 3.8) is 0 Å². The molecule has 6 heteroatoms. The number of nitrogens with one attached hydrogen (secondary N) is 2. The van der Waals surface area contributed by atoms with E-state index in [1.54, 1.807) is 6.20 Å². The highest BCUT2D eigenvalue weighted by Gasteiger charge is 2.54. The third-order valence-electron chi connectivity index (χ3n) is 7.27. The van der Waals surface area contributed by atoms with Crippen LogP contribution in [0.4, 0.5) is 5.69 Å². The number of nitrogens with zero attached hydrogens (tertiary/aromatic N) is 2. The molecule has 2 N–H and O–H groups in total. The third kappa shape index (κ3) is 4.00. The highest BCUT2D eigenvalue weighted by molar-refractivity contribution is 5.91. The maximum Gasteiger partial charge on any atom is 0.226 e. The molecule has 0 atom stereocenters. The first-order chi connectivity index (χ1) is 14.6. The predicted molar refractivity (Wildman–Crippen MR) is 115 cm³/mol. The third-order valence-corrected chi connectivity index (χ3v) is 7.27. The summed E-state index contributed by atoms with van der Waals surface area (Å²) in [6, 6.07) is 9.70. The van der Waals surface area contributed by atoms with Crippen LogP contribution >= 0.6 is 0 Å². The van der Waals surface area contributed by atoms with E-state index in [0.717, 1.165) is 48.3 Å². The molecule has 6 rings (SSSR count). The van der Waals surface area contributed by atoms with Crippen molar-refractivity contribution in [2.75, 3.05) is 11.9 Å². The Balaban J connectivity index is 1.11. The number of carbonyl (C=O) groups is 2. The lowest BCUT2D eigenvalue weighted by molar-refractivity contribution is -0.146. The number of anilines is 1. The molecule has 1 heterocycles. The minimum atomic E-state index is -0.147. The highest BCUT2D eigenvalue weighted by Crippen LogP contribution is 2.60. The number of carbonyl (C=O) groups excluding carboxylic acids is 2. The molecule has 4 bridgehead atoms. The molecule has 0 unspecified atom stereocenters. The average Bonchev–Trinajstić information content (AvgIpc) is 3.20. The Kier molecular flexibility index (Phi) is 5.09. The number of hydrogen-bond acceptors (Lipinski definition) is 3. The molecule has 1 aromatic heterocycles. The molecule has 6 nitrogen and oxygen atoms in total. The first kappa shape index (κ1) is 19.3. The summed E-state index contributed by atoms with van der Waals surface area (Å²) < 4.78 is 1.85. The average molecular weight is 407 g/mol. The Bertz CT molecular complexity index is 886. The molecule has 2 amide bonds. The summed E-state index contributed by atoms with van der Waals surface area (Å²) in [6.45, 7) is 1.07. The van der Waals surface area contributed by atoms with Crippen molar-refractivity contribution in [2.45, 2.75) is 51.5 Å². The SMILES string of the molecule is O=C(CCNC(=O)C12CC3CC(CC(C3)C1)C2)Nc1cccc(Cn2cccn2)c1. The minimum absolute atomic E-state index is 0.0722. The predicted octanol–water partition coefficient (Wildman–Crippen LogP) is 3.59. The molecule has 0 aliphatic heterocycles. The normalized spacial score (nSPS) is 29.0. The smallest absolute Gasteiger partial charge is 0.226 e. The maximum absolute atomic E-state index is 13.0. The topological polar surface area (TPSA) is 76.0 Å². The summed E-state index contributed by atoms with van der Waals surface area (Å²) in [6.07, 6.45) is 11.1. The van der Waals surface area contributed by atoms with Crippen LogP contribution < -0.4 is 10.6 Å². The van der Waals surface area contributed by atoms with E-state index in [1.807, 2.05) is 41.2 Å². The number of amides is 2. The van der Waals surface area contributed by atoms with Crippen molar-refractivity contribution in [3.05, 3.63) is 48.3 Å². The summed E-state index contributed by atoms with van der Waals surface area (Å²) >= 11 is 0. The van der Waals surface area contributed by atoms with Crippen molar-refractivity contribution < 1.29 is 9.59 Å². The van der Waals surface area contributed by atoms with Gasteiger partial charge in [-0.25, -0.2) is 0 Å².